The first-order valence-electron chi connectivity index (χ1n) is 5.26. The van der Waals surface area contributed by atoms with Crippen LogP contribution in [0.3, 0.4) is 0 Å². The van der Waals surface area contributed by atoms with Gasteiger partial charge in [0.05, 0.1) is 12.3 Å². The van der Waals surface area contributed by atoms with Gasteiger partial charge in [0, 0.05) is 4.47 Å². The molecule has 0 aliphatic carbocycles. The third-order valence-electron chi connectivity index (χ3n) is 2.08. The molecule has 7 heteroatoms. The normalized spacial score (nSPS) is 11.1. The first-order chi connectivity index (χ1) is 8.34. The Morgan fingerprint density at radius 3 is 2.72 bits per heavy atom. The Morgan fingerprint density at radius 1 is 1.44 bits per heavy atom. The van der Waals surface area contributed by atoms with Crippen molar-refractivity contribution in [3.63, 3.8) is 0 Å². The summed E-state index contributed by atoms with van der Waals surface area (Å²) < 4.78 is 31.2. The first kappa shape index (κ1) is 15.0. The van der Waals surface area contributed by atoms with E-state index in [1.807, 2.05) is 0 Å². The van der Waals surface area contributed by atoms with E-state index in [1.165, 1.54) is 0 Å². The highest BCUT2D eigenvalue weighted by molar-refractivity contribution is 9.10. The molecule has 0 amide bonds. The highest BCUT2D eigenvalue weighted by Crippen LogP contribution is 2.21. The van der Waals surface area contributed by atoms with Gasteiger partial charge in [-0.25, -0.2) is 8.42 Å². The number of carbonyl (C=O) groups is 1. The Morgan fingerprint density at radius 2 is 2.11 bits per heavy atom. The highest BCUT2D eigenvalue weighted by Gasteiger charge is 2.18. The number of aryl methyl sites for hydroxylation is 1. The van der Waals surface area contributed by atoms with Gasteiger partial charge >= 0.3 is 5.97 Å². The third kappa shape index (κ3) is 4.66. The molecule has 0 saturated carbocycles. The second-order valence-corrected chi connectivity index (χ2v) is 6.26. The first-order valence-corrected chi connectivity index (χ1v) is 7.71. The zero-order chi connectivity index (χ0) is 13.8. The largest absolute Gasteiger partial charge is 0.465 e. The van der Waals surface area contributed by atoms with Gasteiger partial charge in [-0.3, -0.25) is 9.52 Å². The number of hydrogen-bond donors (Lipinski definition) is 1. The van der Waals surface area contributed by atoms with Crippen molar-refractivity contribution in [3.8, 4) is 0 Å². The van der Waals surface area contributed by atoms with Crippen LogP contribution in [0, 0.1) is 6.92 Å². The maximum Gasteiger partial charge on any atom is 0.323 e. The van der Waals surface area contributed by atoms with Crippen LogP contribution in [0.15, 0.2) is 22.7 Å². The molecule has 0 heterocycles. The second-order valence-electron chi connectivity index (χ2n) is 3.63. The van der Waals surface area contributed by atoms with E-state index in [4.69, 9.17) is 0 Å². The van der Waals surface area contributed by atoms with E-state index >= 15 is 0 Å². The van der Waals surface area contributed by atoms with Gasteiger partial charge in [0.15, 0.2) is 5.75 Å². The minimum absolute atomic E-state index is 0.157. The SMILES string of the molecule is CCOC(=O)CS(=O)(=O)Nc1cc(Br)ccc1C. The van der Waals surface area contributed by atoms with Gasteiger partial charge in [-0.1, -0.05) is 22.0 Å². The van der Waals surface area contributed by atoms with Gasteiger partial charge < -0.3 is 4.74 Å². The molecule has 1 aromatic carbocycles. The topological polar surface area (TPSA) is 72.5 Å². The van der Waals surface area contributed by atoms with Gasteiger partial charge in [-0.2, -0.15) is 0 Å². The van der Waals surface area contributed by atoms with Crippen molar-refractivity contribution in [1.82, 2.24) is 0 Å². The summed E-state index contributed by atoms with van der Waals surface area (Å²) in [5, 5.41) is 0. The number of sulfonamides is 1. The lowest BCUT2D eigenvalue weighted by atomic mass is 10.2. The number of benzene rings is 1. The minimum Gasteiger partial charge on any atom is -0.465 e. The third-order valence-corrected chi connectivity index (χ3v) is 3.72. The zero-order valence-corrected chi connectivity index (χ0v) is 12.5. The average Bonchev–Trinajstić information content (AvgIpc) is 2.22. The van der Waals surface area contributed by atoms with Crippen LogP contribution in [-0.2, 0) is 19.6 Å². The van der Waals surface area contributed by atoms with E-state index in [1.54, 1.807) is 32.0 Å². The predicted molar refractivity (Wildman–Crippen MR) is 72.9 cm³/mol. The number of hydrogen-bond acceptors (Lipinski definition) is 4. The van der Waals surface area contributed by atoms with Crippen molar-refractivity contribution in [3.05, 3.63) is 28.2 Å². The number of nitrogens with one attached hydrogen (secondary N) is 1. The van der Waals surface area contributed by atoms with Crippen LogP contribution < -0.4 is 4.72 Å². The maximum atomic E-state index is 11.7. The van der Waals surface area contributed by atoms with Crippen LogP contribution >= 0.6 is 15.9 Å². The summed E-state index contributed by atoms with van der Waals surface area (Å²) in [5.41, 5.74) is 1.21. The molecule has 0 saturated heterocycles. The molecule has 5 nitrogen and oxygen atoms in total. The Labute approximate surface area is 115 Å². The van der Waals surface area contributed by atoms with Crippen LogP contribution in [0.25, 0.3) is 0 Å². The number of esters is 1. The molecule has 100 valence electrons. The molecule has 0 unspecified atom stereocenters. The van der Waals surface area contributed by atoms with Crippen molar-refractivity contribution in [2.24, 2.45) is 0 Å². The monoisotopic (exact) mass is 335 g/mol. The lowest BCUT2D eigenvalue weighted by molar-refractivity contribution is -0.139. The predicted octanol–water partition coefficient (Wildman–Crippen LogP) is 2.06. The van der Waals surface area contributed by atoms with Gasteiger partial charge in [0.25, 0.3) is 0 Å². The van der Waals surface area contributed by atoms with Gasteiger partial charge in [-0.05, 0) is 31.5 Å². The van der Waals surface area contributed by atoms with Crippen LogP contribution in [-0.4, -0.2) is 26.7 Å². The van der Waals surface area contributed by atoms with Crippen molar-refractivity contribution >= 4 is 37.6 Å². The van der Waals surface area contributed by atoms with Crippen molar-refractivity contribution in [2.75, 3.05) is 17.1 Å². The fraction of sp³-hybridized carbons (Fsp3) is 0.364. The molecule has 0 atom stereocenters. The molecule has 1 N–H and O–H groups in total. The fourth-order valence-corrected chi connectivity index (χ4v) is 2.65. The van der Waals surface area contributed by atoms with Crippen LogP contribution in [0.1, 0.15) is 12.5 Å². The summed E-state index contributed by atoms with van der Waals surface area (Å²) in [7, 11) is -3.74. The molecular weight excluding hydrogens is 322 g/mol. The molecule has 0 fully saturated rings. The minimum atomic E-state index is -3.74. The summed E-state index contributed by atoms with van der Waals surface area (Å²) in [5.74, 6) is -1.45. The molecule has 1 rings (SSSR count). The highest BCUT2D eigenvalue weighted by atomic mass is 79.9. The van der Waals surface area contributed by atoms with Crippen LogP contribution in [0.5, 0.6) is 0 Å². The summed E-state index contributed by atoms with van der Waals surface area (Å²) in [6, 6.07) is 5.21. The van der Waals surface area contributed by atoms with Crippen LogP contribution in [0.2, 0.25) is 0 Å². The fourth-order valence-electron chi connectivity index (χ4n) is 1.27. The molecule has 0 bridgehead atoms. The molecular formula is C11H14BrNO4S. The van der Waals surface area contributed by atoms with Crippen LogP contribution in [0.4, 0.5) is 5.69 Å². The van der Waals surface area contributed by atoms with E-state index in [9.17, 15) is 13.2 Å². The van der Waals surface area contributed by atoms with E-state index < -0.39 is 21.7 Å². The summed E-state index contributed by atoms with van der Waals surface area (Å²) in [6.45, 7) is 3.55. The Kier molecular flexibility index (Phi) is 5.15. The lowest BCUT2D eigenvalue weighted by Crippen LogP contribution is -2.24. The smallest absolute Gasteiger partial charge is 0.323 e. The lowest BCUT2D eigenvalue weighted by Gasteiger charge is -2.10. The molecule has 0 spiro atoms. The Bertz CT molecular complexity index is 542. The summed E-state index contributed by atoms with van der Waals surface area (Å²) in [6.07, 6.45) is 0. The maximum absolute atomic E-state index is 11.7. The standard InChI is InChI=1S/C11H14BrNO4S/c1-3-17-11(14)7-18(15,16)13-10-6-9(12)5-4-8(10)2/h4-6,13H,3,7H2,1-2H3. The number of carbonyl (C=O) groups excluding carboxylic acids is 1. The summed E-state index contributed by atoms with van der Waals surface area (Å²) >= 11 is 3.25. The van der Waals surface area contributed by atoms with Gasteiger partial charge in [0.1, 0.15) is 0 Å². The van der Waals surface area contributed by atoms with E-state index in [0.29, 0.717) is 5.69 Å². The zero-order valence-electron chi connectivity index (χ0n) is 10.1. The number of rotatable bonds is 5. The quantitative estimate of drug-likeness (QED) is 0.836. The summed E-state index contributed by atoms with van der Waals surface area (Å²) in [4.78, 5) is 11.2. The van der Waals surface area contributed by atoms with Gasteiger partial charge in [0.2, 0.25) is 10.0 Å². The molecule has 18 heavy (non-hydrogen) atoms. The molecule has 0 aromatic heterocycles. The molecule has 0 radical (unpaired) electrons. The van der Waals surface area contributed by atoms with E-state index in [-0.39, 0.29) is 6.61 Å². The Hall–Kier alpha value is -1.08. The Balaban J connectivity index is 2.82. The van der Waals surface area contributed by atoms with Crippen molar-refractivity contribution in [1.29, 1.82) is 0 Å². The van der Waals surface area contributed by atoms with Crippen molar-refractivity contribution in [2.45, 2.75) is 13.8 Å². The molecule has 1 aromatic rings. The van der Waals surface area contributed by atoms with Crippen molar-refractivity contribution < 1.29 is 17.9 Å². The number of anilines is 1. The van der Waals surface area contributed by atoms with Gasteiger partial charge in [-0.15, -0.1) is 0 Å². The number of halogens is 1. The second kappa shape index (κ2) is 6.19. The van der Waals surface area contributed by atoms with E-state index in [0.717, 1.165) is 10.0 Å². The van der Waals surface area contributed by atoms with E-state index in [2.05, 4.69) is 25.4 Å². The average molecular weight is 336 g/mol. The molecule has 0 aliphatic rings. The number of ether oxygens (including phenoxy) is 1. The molecule has 0 aliphatic heterocycles.